The molecule has 0 bridgehead atoms. The number of ether oxygens (including phenoxy) is 1. The third-order valence-electron chi connectivity index (χ3n) is 3.58. The predicted molar refractivity (Wildman–Crippen MR) is 89.8 cm³/mol. The van der Waals surface area contributed by atoms with Crippen molar-refractivity contribution in [1.82, 2.24) is 4.57 Å². The number of hydrogen-bond acceptors (Lipinski definition) is 3. The van der Waals surface area contributed by atoms with E-state index in [4.69, 9.17) is 4.74 Å². The number of hydrogen-bond donors (Lipinski definition) is 1. The van der Waals surface area contributed by atoms with Gasteiger partial charge in [-0.2, -0.15) is 0 Å². The van der Waals surface area contributed by atoms with Crippen LogP contribution in [0.5, 0.6) is 5.75 Å². The van der Waals surface area contributed by atoms with Crippen molar-refractivity contribution in [1.29, 1.82) is 0 Å². The first kappa shape index (κ1) is 14.8. The second kappa shape index (κ2) is 6.36. The molecule has 0 aliphatic heterocycles. The molecule has 0 aliphatic carbocycles. The number of rotatable bonds is 4. The Morgan fingerprint density at radius 3 is 2.70 bits per heavy atom. The van der Waals surface area contributed by atoms with E-state index >= 15 is 0 Å². The lowest BCUT2D eigenvalue weighted by Gasteiger charge is -2.10. The molecule has 1 heterocycles. The standard InChI is InChI=1S/C18H16N2O3/c1-23-16-10-5-11-20(18(16)22)12-17(21)19-15-9-4-7-13-6-2-3-8-14(13)15/h2-11H,12H2,1H3,(H,19,21). The summed E-state index contributed by atoms with van der Waals surface area (Å²) in [4.78, 5) is 24.3. The average Bonchev–Trinajstić information content (AvgIpc) is 2.57. The van der Waals surface area contributed by atoms with Crippen LogP contribution in [0, 0.1) is 0 Å². The molecule has 0 saturated heterocycles. The largest absolute Gasteiger partial charge is 0.491 e. The summed E-state index contributed by atoms with van der Waals surface area (Å²) in [6.45, 7) is -0.0702. The number of aromatic nitrogens is 1. The highest BCUT2D eigenvalue weighted by atomic mass is 16.5. The van der Waals surface area contributed by atoms with E-state index in [0.717, 1.165) is 16.5 Å². The third-order valence-corrected chi connectivity index (χ3v) is 3.58. The predicted octanol–water partition coefficient (Wildman–Crippen LogP) is 2.65. The topological polar surface area (TPSA) is 60.3 Å². The first-order valence-electron chi connectivity index (χ1n) is 7.20. The Labute approximate surface area is 133 Å². The highest BCUT2D eigenvalue weighted by Gasteiger charge is 2.09. The van der Waals surface area contributed by atoms with Crippen LogP contribution in [0.25, 0.3) is 10.8 Å². The van der Waals surface area contributed by atoms with Gasteiger partial charge in [-0.15, -0.1) is 0 Å². The van der Waals surface area contributed by atoms with E-state index < -0.39 is 0 Å². The number of benzene rings is 2. The van der Waals surface area contributed by atoms with Gasteiger partial charge in [-0.3, -0.25) is 9.59 Å². The molecule has 23 heavy (non-hydrogen) atoms. The van der Waals surface area contributed by atoms with Gasteiger partial charge >= 0.3 is 0 Å². The smallest absolute Gasteiger partial charge is 0.293 e. The molecule has 0 fully saturated rings. The summed E-state index contributed by atoms with van der Waals surface area (Å²) in [5.41, 5.74) is 0.395. The monoisotopic (exact) mass is 308 g/mol. The highest BCUT2D eigenvalue weighted by molar-refractivity contribution is 6.01. The quantitative estimate of drug-likeness (QED) is 0.806. The summed E-state index contributed by atoms with van der Waals surface area (Å²) in [6, 6.07) is 16.8. The van der Waals surface area contributed by atoms with Gasteiger partial charge < -0.3 is 14.6 Å². The molecule has 1 aromatic heterocycles. The summed E-state index contributed by atoms with van der Waals surface area (Å²) in [5.74, 6) is -0.0535. The van der Waals surface area contributed by atoms with Crippen LogP contribution in [-0.2, 0) is 11.3 Å². The van der Waals surface area contributed by atoms with Crippen molar-refractivity contribution >= 4 is 22.4 Å². The first-order chi connectivity index (χ1) is 11.2. The van der Waals surface area contributed by atoms with E-state index in [1.807, 2.05) is 42.5 Å². The molecule has 0 saturated carbocycles. The molecule has 5 nitrogen and oxygen atoms in total. The number of nitrogens with zero attached hydrogens (tertiary/aromatic N) is 1. The summed E-state index contributed by atoms with van der Waals surface area (Å²) in [5, 5.41) is 4.86. The van der Waals surface area contributed by atoms with E-state index in [1.165, 1.54) is 11.7 Å². The molecule has 116 valence electrons. The number of amides is 1. The lowest BCUT2D eigenvalue weighted by atomic mass is 10.1. The molecule has 1 N–H and O–H groups in total. The SMILES string of the molecule is COc1cccn(CC(=O)Nc2cccc3ccccc23)c1=O. The fraction of sp³-hybridized carbons (Fsp3) is 0.111. The minimum Gasteiger partial charge on any atom is -0.491 e. The van der Waals surface area contributed by atoms with Crippen molar-refractivity contribution in [3.05, 3.63) is 71.1 Å². The Morgan fingerprint density at radius 1 is 1.09 bits per heavy atom. The highest BCUT2D eigenvalue weighted by Crippen LogP contribution is 2.22. The molecule has 0 aliphatic rings. The molecule has 5 heteroatoms. The van der Waals surface area contributed by atoms with Crippen LogP contribution in [0.4, 0.5) is 5.69 Å². The average molecular weight is 308 g/mol. The van der Waals surface area contributed by atoms with Crippen LogP contribution in [0.3, 0.4) is 0 Å². The zero-order valence-corrected chi connectivity index (χ0v) is 12.7. The second-order valence-corrected chi connectivity index (χ2v) is 5.08. The summed E-state index contributed by atoms with van der Waals surface area (Å²) in [7, 11) is 1.43. The van der Waals surface area contributed by atoms with Crippen LogP contribution in [-0.4, -0.2) is 17.6 Å². The number of anilines is 1. The fourth-order valence-electron chi connectivity index (χ4n) is 2.47. The van der Waals surface area contributed by atoms with Gasteiger partial charge in [-0.25, -0.2) is 0 Å². The van der Waals surface area contributed by atoms with E-state index in [9.17, 15) is 9.59 Å². The number of fused-ring (bicyclic) bond motifs is 1. The van der Waals surface area contributed by atoms with Crippen LogP contribution in [0.15, 0.2) is 65.6 Å². The zero-order chi connectivity index (χ0) is 16.2. The van der Waals surface area contributed by atoms with Crippen molar-refractivity contribution in [3.8, 4) is 5.75 Å². The second-order valence-electron chi connectivity index (χ2n) is 5.08. The van der Waals surface area contributed by atoms with Gasteiger partial charge in [-0.05, 0) is 23.6 Å². The summed E-state index contributed by atoms with van der Waals surface area (Å²) >= 11 is 0. The van der Waals surface area contributed by atoms with Gasteiger partial charge in [0.05, 0.1) is 7.11 Å². The molecule has 3 aromatic rings. The maximum absolute atomic E-state index is 12.3. The van der Waals surface area contributed by atoms with E-state index in [0.29, 0.717) is 0 Å². The van der Waals surface area contributed by atoms with Gasteiger partial charge in [0.15, 0.2) is 5.75 Å². The van der Waals surface area contributed by atoms with Crippen LogP contribution in [0.1, 0.15) is 0 Å². The van der Waals surface area contributed by atoms with Crippen LogP contribution in [0.2, 0.25) is 0 Å². The van der Waals surface area contributed by atoms with Crippen molar-refractivity contribution < 1.29 is 9.53 Å². The Balaban J connectivity index is 1.83. The molecule has 0 spiro atoms. The number of nitrogens with one attached hydrogen (secondary N) is 1. The van der Waals surface area contributed by atoms with Crippen molar-refractivity contribution in [2.75, 3.05) is 12.4 Å². The molecular weight excluding hydrogens is 292 g/mol. The van der Waals surface area contributed by atoms with E-state index in [1.54, 1.807) is 18.3 Å². The zero-order valence-electron chi connectivity index (χ0n) is 12.7. The minimum absolute atomic E-state index is 0.0702. The van der Waals surface area contributed by atoms with Crippen molar-refractivity contribution in [2.45, 2.75) is 6.54 Å². The number of methoxy groups -OCH3 is 1. The molecular formula is C18H16N2O3. The molecule has 1 amide bonds. The third kappa shape index (κ3) is 3.08. The van der Waals surface area contributed by atoms with Gasteiger partial charge in [0.1, 0.15) is 6.54 Å². The molecule has 3 rings (SSSR count). The maximum atomic E-state index is 12.3. The Kier molecular flexibility index (Phi) is 4.10. The van der Waals surface area contributed by atoms with Crippen LogP contribution >= 0.6 is 0 Å². The van der Waals surface area contributed by atoms with Gasteiger partial charge in [0.25, 0.3) is 5.56 Å². The van der Waals surface area contributed by atoms with Crippen molar-refractivity contribution in [3.63, 3.8) is 0 Å². The molecule has 2 aromatic carbocycles. The first-order valence-corrected chi connectivity index (χ1v) is 7.20. The Bertz CT molecular complexity index is 910. The van der Waals surface area contributed by atoms with Crippen molar-refractivity contribution in [2.24, 2.45) is 0 Å². The molecule has 0 atom stereocenters. The fourth-order valence-corrected chi connectivity index (χ4v) is 2.47. The lowest BCUT2D eigenvalue weighted by Crippen LogP contribution is -2.27. The summed E-state index contributed by atoms with van der Waals surface area (Å²) < 4.78 is 6.30. The summed E-state index contributed by atoms with van der Waals surface area (Å²) in [6.07, 6.45) is 1.56. The van der Waals surface area contributed by atoms with Crippen LogP contribution < -0.4 is 15.6 Å². The maximum Gasteiger partial charge on any atom is 0.293 e. The number of carbonyl (C=O) groups excluding carboxylic acids is 1. The minimum atomic E-state index is -0.330. The lowest BCUT2D eigenvalue weighted by molar-refractivity contribution is -0.116. The van der Waals surface area contributed by atoms with Gasteiger partial charge in [0.2, 0.25) is 5.91 Å². The van der Waals surface area contributed by atoms with Gasteiger partial charge in [0, 0.05) is 17.3 Å². The van der Waals surface area contributed by atoms with E-state index in [-0.39, 0.29) is 23.8 Å². The number of pyridine rings is 1. The van der Waals surface area contributed by atoms with Gasteiger partial charge in [-0.1, -0.05) is 36.4 Å². The normalized spacial score (nSPS) is 10.5. The van der Waals surface area contributed by atoms with E-state index in [2.05, 4.69) is 5.32 Å². The Hall–Kier alpha value is -3.08. The molecule has 0 unspecified atom stereocenters. The molecule has 0 radical (unpaired) electrons. The Morgan fingerprint density at radius 2 is 1.87 bits per heavy atom. The number of carbonyl (C=O) groups is 1.